The number of carbonyl (C=O) groups is 3. The van der Waals surface area contributed by atoms with Crippen molar-refractivity contribution in [3.63, 3.8) is 0 Å². The van der Waals surface area contributed by atoms with Gasteiger partial charge in [0.05, 0.1) is 34.5 Å². The summed E-state index contributed by atoms with van der Waals surface area (Å²) < 4.78 is 18.0. The first-order valence-corrected chi connectivity index (χ1v) is 17.7. The zero-order valence-electron chi connectivity index (χ0n) is 27.8. The van der Waals surface area contributed by atoms with Crippen LogP contribution in [0.15, 0.2) is 30.3 Å². The van der Waals surface area contributed by atoms with E-state index in [0.717, 1.165) is 27.2 Å². The van der Waals surface area contributed by atoms with Crippen LogP contribution in [0.4, 0.5) is 0 Å². The number of imide groups is 1. The summed E-state index contributed by atoms with van der Waals surface area (Å²) in [6, 6.07) is 7.25. The molecule has 0 aliphatic carbocycles. The predicted octanol–water partition coefficient (Wildman–Crippen LogP) is 3.98. The third-order valence-electron chi connectivity index (χ3n) is 11.7. The standard InChI is InChI=1S/C37H34N4O8S/c1-15-9-18-10-21-22(11-38)40-23-12-47-37(46)24(41-35(44)19-7-5-6-8-20(19)36(41)45)13-50-34(29(40)28(39(21)4)25(18)30(42)16(15)2)27-26(23)33-32(48-14-49-33)17(3)31(27)43/h5-9,21-24,28-29,34,42-43H,10,12-14H2,1-4H3/t21-,22-,23+,24-,28+,29?,34+/m0/s1. The zero-order valence-corrected chi connectivity index (χ0v) is 28.6. The van der Waals surface area contributed by atoms with Crippen LogP contribution in [0.3, 0.4) is 0 Å². The SMILES string of the molecule is Cc1cc2c(c(O)c1C)[C@@H]1C3[C@@H]4SC[C@H](N5C(=O)c6ccccc6C5=O)C(=O)OC[C@H](c5c6c(c(C)c(O)c54)OCO6)N3[C@@H](C#N)[C@H](C2)N1C. The summed E-state index contributed by atoms with van der Waals surface area (Å²) in [6.45, 7) is 5.31. The smallest absolute Gasteiger partial charge is 0.330 e. The van der Waals surface area contributed by atoms with Crippen molar-refractivity contribution in [2.45, 2.75) is 68.7 Å². The predicted molar refractivity (Wildman–Crippen MR) is 179 cm³/mol. The number of benzene rings is 3. The number of carbonyl (C=O) groups excluding carboxylic acids is 3. The third-order valence-corrected chi connectivity index (χ3v) is 13.1. The number of amides is 2. The van der Waals surface area contributed by atoms with E-state index >= 15 is 0 Å². The van der Waals surface area contributed by atoms with Gasteiger partial charge < -0.3 is 24.4 Å². The molecule has 2 amide bonds. The molecule has 4 bridgehead atoms. The second kappa shape index (κ2) is 10.9. The van der Waals surface area contributed by atoms with Crippen LogP contribution in [-0.2, 0) is 16.0 Å². The van der Waals surface area contributed by atoms with Gasteiger partial charge in [0.1, 0.15) is 30.2 Å². The van der Waals surface area contributed by atoms with E-state index in [1.54, 1.807) is 31.2 Å². The van der Waals surface area contributed by atoms with Gasteiger partial charge in [0.25, 0.3) is 11.8 Å². The normalized spacial score (nSPS) is 29.5. The van der Waals surface area contributed by atoms with Crippen LogP contribution in [0.1, 0.15) is 77.0 Å². The van der Waals surface area contributed by atoms with Crippen molar-refractivity contribution in [1.29, 1.82) is 5.26 Å². The van der Waals surface area contributed by atoms with Gasteiger partial charge in [-0.1, -0.05) is 18.2 Å². The largest absolute Gasteiger partial charge is 0.507 e. The molecule has 7 aliphatic rings. The zero-order chi connectivity index (χ0) is 34.9. The minimum atomic E-state index is -1.25. The second-order valence-corrected chi connectivity index (χ2v) is 15.1. The Morgan fingerprint density at radius 3 is 2.28 bits per heavy atom. The number of ether oxygens (including phenoxy) is 3. The average molecular weight is 695 g/mol. The number of aromatic hydroxyl groups is 2. The fraction of sp³-hybridized carbons (Fsp3) is 0.405. The Balaban J connectivity index is 1.26. The highest BCUT2D eigenvalue weighted by Gasteiger charge is 2.61. The molecule has 13 heteroatoms. The maximum absolute atomic E-state index is 14.0. The second-order valence-electron chi connectivity index (χ2n) is 13.9. The number of rotatable bonds is 1. The number of phenols is 2. The first-order chi connectivity index (χ1) is 24.0. The number of esters is 1. The van der Waals surface area contributed by atoms with Gasteiger partial charge in [0.2, 0.25) is 6.79 Å². The quantitative estimate of drug-likeness (QED) is 0.280. The number of nitriles is 1. The lowest BCUT2D eigenvalue weighted by atomic mass is 9.71. The molecular formula is C37H34N4O8S. The Kier molecular flexibility index (Phi) is 6.78. The Bertz CT molecular complexity index is 2080. The number of nitrogens with zero attached hydrogens (tertiary/aromatic N) is 4. The molecule has 256 valence electrons. The van der Waals surface area contributed by atoms with E-state index in [0.29, 0.717) is 34.6 Å². The van der Waals surface area contributed by atoms with E-state index in [2.05, 4.69) is 21.9 Å². The van der Waals surface area contributed by atoms with Crippen molar-refractivity contribution >= 4 is 29.5 Å². The van der Waals surface area contributed by atoms with E-state index < -0.39 is 53.2 Å². The van der Waals surface area contributed by atoms with E-state index in [1.807, 2.05) is 20.9 Å². The summed E-state index contributed by atoms with van der Waals surface area (Å²) in [7, 11) is 1.97. The lowest BCUT2D eigenvalue weighted by Crippen LogP contribution is -2.69. The molecule has 2 N–H and O–H groups in total. The first kappa shape index (κ1) is 31.2. The summed E-state index contributed by atoms with van der Waals surface area (Å²) in [5.74, 6) is -0.869. The molecule has 2 fully saturated rings. The van der Waals surface area contributed by atoms with Crippen LogP contribution in [0.5, 0.6) is 23.0 Å². The molecule has 0 spiro atoms. The van der Waals surface area contributed by atoms with E-state index in [9.17, 15) is 29.9 Å². The molecule has 0 saturated carbocycles. The molecule has 10 rings (SSSR count). The number of thioether (sulfide) groups is 1. The van der Waals surface area contributed by atoms with Crippen molar-refractivity contribution < 1.29 is 38.8 Å². The molecule has 0 aromatic heterocycles. The molecule has 12 nitrogen and oxygen atoms in total. The van der Waals surface area contributed by atoms with Crippen LogP contribution in [0, 0.1) is 32.1 Å². The van der Waals surface area contributed by atoms with Gasteiger partial charge in [-0.05, 0) is 63.1 Å². The Hall–Kier alpha value is -4.77. The molecule has 0 radical (unpaired) electrons. The van der Waals surface area contributed by atoms with Crippen molar-refractivity contribution in [2.75, 3.05) is 26.2 Å². The molecule has 3 aromatic carbocycles. The Labute approximate surface area is 292 Å². The molecule has 1 unspecified atom stereocenters. The van der Waals surface area contributed by atoms with Gasteiger partial charge >= 0.3 is 5.97 Å². The summed E-state index contributed by atoms with van der Waals surface area (Å²) in [5, 5.41) is 34.2. The number of likely N-dealkylation sites (N-methyl/N-ethyl adjacent to an activating group) is 1. The van der Waals surface area contributed by atoms with Crippen LogP contribution in [0.25, 0.3) is 0 Å². The summed E-state index contributed by atoms with van der Waals surface area (Å²) in [6.07, 6.45) is 0.522. The van der Waals surface area contributed by atoms with Crippen molar-refractivity contribution in [1.82, 2.24) is 14.7 Å². The first-order valence-electron chi connectivity index (χ1n) is 16.7. The van der Waals surface area contributed by atoms with Crippen LogP contribution < -0.4 is 9.47 Å². The van der Waals surface area contributed by atoms with Crippen LogP contribution in [0.2, 0.25) is 0 Å². The van der Waals surface area contributed by atoms with Gasteiger partial charge in [-0.3, -0.25) is 24.3 Å². The monoisotopic (exact) mass is 694 g/mol. The number of aryl methyl sites for hydroxylation is 1. The van der Waals surface area contributed by atoms with Crippen LogP contribution in [-0.4, -0.2) is 93.1 Å². The molecule has 2 saturated heterocycles. The third kappa shape index (κ3) is 3.92. The number of fused-ring (bicyclic) bond motifs is 11. The summed E-state index contributed by atoms with van der Waals surface area (Å²) in [4.78, 5) is 46.6. The molecule has 7 atom stereocenters. The molecule has 7 heterocycles. The number of hydrogen-bond donors (Lipinski definition) is 2. The van der Waals surface area contributed by atoms with E-state index in [-0.39, 0.29) is 47.8 Å². The summed E-state index contributed by atoms with van der Waals surface area (Å²) in [5.41, 5.74) is 5.58. The van der Waals surface area contributed by atoms with E-state index in [4.69, 9.17) is 14.2 Å². The van der Waals surface area contributed by atoms with Gasteiger partial charge in [-0.25, -0.2) is 4.79 Å². The molecule has 7 aliphatic heterocycles. The fourth-order valence-electron chi connectivity index (χ4n) is 9.23. The topological polar surface area (TPSA) is 153 Å². The van der Waals surface area contributed by atoms with Gasteiger partial charge in [0, 0.05) is 40.1 Å². The van der Waals surface area contributed by atoms with Crippen molar-refractivity contribution in [3.8, 4) is 29.1 Å². The summed E-state index contributed by atoms with van der Waals surface area (Å²) >= 11 is 1.32. The molecular weight excluding hydrogens is 660 g/mol. The Morgan fingerprint density at radius 2 is 1.58 bits per heavy atom. The van der Waals surface area contributed by atoms with Gasteiger partial charge in [-0.2, -0.15) is 5.26 Å². The highest BCUT2D eigenvalue weighted by Crippen LogP contribution is 2.63. The highest BCUT2D eigenvalue weighted by molar-refractivity contribution is 7.99. The van der Waals surface area contributed by atoms with Gasteiger partial charge in [-0.15, -0.1) is 11.8 Å². The van der Waals surface area contributed by atoms with E-state index in [1.165, 1.54) is 11.8 Å². The fourth-order valence-corrected chi connectivity index (χ4v) is 10.8. The van der Waals surface area contributed by atoms with Crippen LogP contribution >= 0.6 is 11.8 Å². The number of piperazine rings is 1. The average Bonchev–Trinajstić information content (AvgIpc) is 3.69. The number of hydrogen-bond acceptors (Lipinski definition) is 12. The lowest BCUT2D eigenvalue weighted by Gasteiger charge is -2.61. The Morgan fingerprint density at radius 1 is 0.900 bits per heavy atom. The van der Waals surface area contributed by atoms with Gasteiger partial charge in [0.15, 0.2) is 11.5 Å². The maximum atomic E-state index is 14.0. The highest BCUT2D eigenvalue weighted by atomic mass is 32.2. The molecule has 3 aromatic rings. The van der Waals surface area contributed by atoms with Crippen molar-refractivity contribution in [3.05, 3.63) is 80.4 Å². The molecule has 50 heavy (non-hydrogen) atoms. The minimum Gasteiger partial charge on any atom is -0.507 e. The lowest BCUT2D eigenvalue weighted by molar-refractivity contribution is -0.153. The maximum Gasteiger partial charge on any atom is 0.330 e. The number of phenolic OH excluding ortho intramolecular Hbond substituents is 2. The minimum absolute atomic E-state index is 0.00852. The van der Waals surface area contributed by atoms with Crippen molar-refractivity contribution in [2.24, 2.45) is 0 Å².